The SMILES string of the molecule is CCOC(=O)c1c(NC(=O)c2cccc(OC)c2)sc(C(=O)N2CCCCC2)c1C. The Labute approximate surface area is 180 Å². The molecule has 160 valence electrons. The number of likely N-dealkylation sites (tertiary alicyclic amines) is 1. The molecular weight excluding hydrogens is 404 g/mol. The molecule has 1 aliphatic heterocycles. The topological polar surface area (TPSA) is 84.9 Å². The Kier molecular flexibility index (Phi) is 7.10. The molecule has 0 radical (unpaired) electrons. The second kappa shape index (κ2) is 9.75. The summed E-state index contributed by atoms with van der Waals surface area (Å²) in [5, 5.41) is 3.11. The van der Waals surface area contributed by atoms with Gasteiger partial charge in [-0.15, -0.1) is 11.3 Å². The molecule has 0 atom stereocenters. The van der Waals surface area contributed by atoms with Crippen molar-refractivity contribution in [1.29, 1.82) is 0 Å². The summed E-state index contributed by atoms with van der Waals surface area (Å²) >= 11 is 1.12. The summed E-state index contributed by atoms with van der Waals surface area (Å²) in [7, 11) is 1.52. The number of piperidine rings is 1. The lowest BCUT2D eigenvalue weighted by Crippen LogP contribution is -2.35. The van der Waals surface area contributed by atoms with Crippen LogP contribution in [0, 0.1) is 6.92 Å². The minimum absolute atomic E-state index is 0.107. The van der Waals surface area contributed by atoms with Crippen molar-refractivity contribution in [3.63, 3.8) is 0 Å². The van der Waals surface area contributed by atoms with E-state index in [1.54, 1.807) is 38.1 Å². The highest BCUT2D eigenvalue weighted by Crippen LogP contribution is 2.35. The second-order valence-corrected chi connectivity index (χ2v) is 8.04. The van der Waals surface area contributed by atoms with Crippen LogP contribution < -0.4 is 10.1 Å². The van der Waals surface area contributed by atoms with Gasteiger partial charge in [-0.1, -0.05) is 6.07 Å². The van der Waals surface area contributed by atoms with E-state index in [2.05, 4.69) is 5.32 Å². The number of nitrogens with zero attached hydrogens (tertiary/aromatic N) is 1. The first-order chi connectivity index (χ1) is 14.5. The van der Waals surface area contributed by atoms with Gasteiger partial charge in [-0.3, -0.25) is 9.59 Å². The number of rotatable bonds is 6. The van der Waals surface area contributed by atoms with Crippen LogP contribution in [0.2, 0.25) is 0 Å². The fourth-order valence-corrected chi connectivity index (χ4v) is 4.59. The van der Waals surface area contributed by atoms with E-state index in [0.717, 1.165) is 30.6 Å². The van der Waals surface area contributed by atoms with E-state index < -0.39 is 11.9 Å². The summed E-state index contributed by atoms with van der Waals surface area (Å²) in [6.45, 7) is 5.05. The van der Waals surface area contributed by atoms with Crippen LogP contribution in [0.1, 0.15) is 62.1 Å². The first-order valence-corrected chi connectivity index (χ1v) is 10.8. The first-order valence-electron chi connectivity index (χ1n) is 10.0. The van der Waals surface area contributed by atoms with Crippen LogP contribution in [-0.2, 0) is 4.74 Å². The number of hydrogen-bond acceptors (Lipinski definition) is 6. The molecule has 1 saturated heterocycles. The van der Waals surface area contributed by atoms with Crippen LogP contribution in [0.3, 0.4) is 0 Å². The molecule has 0 bridgehead atoms. The number of esters is 1. The quantitative estimate of drug-likeness (QED) is 0.697. The molecule has 2 amide bonds. The van der Waals surface area contributed by atoms with Crippen molar-refractivity contribution in [2.75, 3.05) is 32.1 Å². The smallest absolute Gasteiger partial charge is 0.341 e. The zero-order chi connectivity index (χ0) is 21.7. The van der Waals surface area contributed by atoms with Crippen LogP contribution >= 0.6 is 11.3 Å². The zero-order valence-electron chi connectivity index (χ0n) is 17.4. The Morgan fingerprint density at radius 1 is 1.17 bits per heavy atom. The average Bonchev–Trinajstić information content (AvgIpc) is 3.09. The molecule has 1 aromatic heterocycles. The van der Waals surface area contributed by atoms with Crippen molar-refractivity contribution in [2.45, 2.75) is 33.1 Å². The lowest BCUT2D eigenvalue weighted by molar-refractivity contribution is 0.0527. The van der Waals surface area contributed by atoms with Crippen molar-refractivity contribution in [3.05, 3.63) is 45.8 Å². The van der Waals surface area contributed by atoms with Crippen LogP contribution in [0.25, 0.3) is 0 Å². The van der Waals surface area contributed by atoms with Gasteiger partial charge in [0.05, 0.1) is 24.2 Å². The van der Waals surface area contributed by atoms with Crippen molar-refractivity contribution >= 4 is 34.1 Å². The van der Waals surface area contributed by atoms with Gasteiger partial charge in [-0.05, 0) is 56.9 Å². The Morgan fingerprint density at radius 3 is 2.57 bits per heavy atom. The van der Waals surface area contributed by atoms with E-state index in [4.69, 9.17) is 9.47 Å². The van der Waals surface area contributed by atoms with Gasteiger partial charge in [0.15, 0.2) is 0 Å². The lowest BCUT2D eigenvalue weighted by Gasteiger charge is -2.26. The molecule has 0 aliphatic carbocycles. The van der Waals surface area contributed by atoms with Gasteiger partial charge in [0.25, 0.3) is 11.8 Å². The van der Waals surface area contributed by atoms with Gasteiger partial charge in [0.2, 0.25) is 0 Å². The van der Waals surface area contributed by atoms with Gasteiger partial charge < -0.3 is 19.7 Å². The number of carbonyl (C=O) groups is 3. The molecule has 8 heteroatoms. The Morgan fingerprint density at radius 2 is 1.90 bits per heavy atom. The number of anilines is 1. The highest BCUT2D eigenvalue weighted by molar-refractivity contribution is 7.18. The predicted molar refractivity (Wildman–Crippen MR) is 116 cm³/mol. The molecule has 1 aliphatic rings. The van der Waals surface area contributed by atoms with E-state index >= 15 is 0 Å². The molecule has 1 N–H and O–H groups in total. The number of nitrogens with one attached hydrogen (secondary N) is 1. The summed E-state index contributed by atoms with van der Waals surface area (Å²) in [6.07, 6.45) is 3.06. The van der Waals surface area contributed by atoms with E-state index in [9.17, 15) is 14.4 Å². The lowest BCUT2D eigenvalue weighted by atomic mass is 10.1. The third kappa shape index (κ3) is 4.64. The van der Waals surface area contributed by atoms with Gasteiger partial charge >= 0.3 is 5.97 Å². The number of carbonyl (C=O) groups excluding carboxylic acids is 3. The summed E-state index contributed by atoms with van der Waals surface area (Å²) in [5.41, 5.74) is 1.16. The monoisotopic (exact) mass is 430 g/mol. The third-order valence-electron chi connectivity index (χ3n) is 5.02. The van der Waals surface area contributed by atoms with Crippen molar-refractivity contribution in [2.24, 2.45) is 0 Å². The highest BCUT2D eigenvalue weighted by atomic mass is 32.1. The number of benzene rings is 1. The van der Waals surface area contributed by atoms with Gasteiger partial charge in [0, 0.05) is 18.7 Å². The maximum absolute atomic E-state index is 13.1. The molecule has 0 spiro atoms. The number of hydrogen-bond donors (Lipinski definition) is 1. The summed E-state index contributed by atoms with van der Waals surface area (Å²) in [6, 6.07) is 6.72. The van der Waals surface area contributed by atoms with Gasteiger partial charge in [0.1, 0.15) is 10.8 Å². The molecule has 2 heterocycles. The van der Waals surface area contributed by atoms with Crippen LogP contribution in [0.4, 0.5) is 5.00 Å². The van der Waals surface area contributed by atoms with Crippen molar-refractivity contribution < 1.29 is 23.9 Å². The molecular formula is C22H26N2O5S. The molecule has 0 saturated carbocycles. The van der Waals surface area contributed by atoms with Gasteiger partial charge in [-0.2, -0.15) is 0 Å². The number of thiophene rings is 1. The van der Waals surface area contributed by atoms with Crippen LogP contribution in [0.5, 0.6) is 5.75 Å². The van der Waals surface area contributed by atoms with E-state index in [1.165, 1.54) is 7.11 Å². The normalized spacial score (nSPS) is 13.6. The minimum atomic E-state index is -0.551. The fraction of sp³-hybridized carbons (Fsp3) is 0.409. The maximum Gasteiger partial charge on any atom is 0.341 e. The first kappa shape index (κ1) is 21.8. The molecule has 1 aromatic carbocycles. The highest BCUT2D eigenvalue weighted by Gasteiger charge is 2.29. The number of ether oxygens (including phenoxy) is 2. The van der Waals surface area contributed by atoms with Crippen molar-refractivity contribution in [3.8, 4) is 5.75 Å². The molecule has 2 aromatic rings. The van der Waals surface area contributed by atoms with Crippen molar-refractivity contribution in [1.82, 2.24) is 4.90 Å². The largest absolute Gasteiger partial charge is 0.497 e. The molecule has 30 heavy (non-hydrogen) atoms. The minimum Gasteiger partial charge on any atom is -0.497 e. The Balaban J connectivity index is 1.94. The van der Waals surface area contributed by atoms with E-state index in [0.29, 0.717) is 39.8 Å². The maximum atomic E-state index is 13.1. The number of amides is 2. The van der Waals surface area contributed by atoms with Crippen LogP contribution in [0.15, 0.2) is 24.3 Å². The fourth-order valence-electron chi connectivity index (χ4n) is 3.43. The predicted octanol–water partition coefficient (Wildman–Crippen LogP) is 4.12. The Bertz CT molecular complexity index is 947. The van der Waals surface area contributed by atoms with E-state index in [1.807, 2.05) is 4.90 Å². The van der Waals surface area contributed by atoms with Gasteiger partial charge in [-0.25, -0.2) is 4.79 Å². The summed E-state index contributed by atoms with van der Waals surface area (Å²) in [4.78, 5) is 40.7. The summed E-state index contributed by atoms with van der Waals surface area (Å²) in [5.74, 6) is -0.497. The zero-order valence-corrected chi connectivity index (χ0v) is 18.3. The number of methoxy groups -OCH3 is 1. The molecule has 7 nitrogen and oxygen atoms in total. The standard InChI is InChI=1S/C22H26N2O5S/c1-4-29-22(27)17-14(2)18(21(26)24-11-6-5-7-12-24)30-20(17)23-19(25)15-9-8-10-16(13-15)28-3/h8-10,13H,4-7,11-12H2,1-3H3,(H,23,25). The van der Waals surface area contributed by atoms with Crippen LogP contribution in [-0.4, -0.2) is 49.5 Å². The second-order valence-electron chi connectivity index (χ2n) is 7.02. The van der Waals surface area contributed by atoms with E-state index in [-0.39, 0.29) is 18.1 Å². The molecule has 3 rings (SSSR count). The molecule has 1 fully saturated rings. The summed E-state index contributed by atoms with van der Waals surface area (Å²) < 4.78 is 10.4. The molecule has 0 unspecified atom stereocenters. The Hall–Kier alpha value is -2.87. The third-order valence-corrected chi connectivity index (χ3v) is 6.22. The average molecular weight is 431 g/mol.